The minimum Gasteiger partial charge on any atom is -0.484 e. The Bertz CT molecular complexity index is 481. The van der Waals surface area contributed by atoms with Crippen molar-refractivity contribution in [2.45, 2.75) is 12.8 Å². The van der Waals surface area contributed by atoms with Crippen LogP contribution in [-0.2, 0) is 4.79 Å². The maximum absolute atomic E-state index is 12.3. The van der Waals surface area contributed by atoms with Gasteiger partial charge in [0.15, 0.2) is 6.61 Å². The molecule has 2 heterocycles. The summed E-state index contributed by atoms with van der Waals surface area (Å²) in [7, 11) is 0. The second kappa shape index (κ2) is 8.04. The van der Waals surface area contributed by atoms with Gasteiger partial charge in [-0.2, -0.15) is 0 Å². The molecule has 1 N–H and O–H groups in total. The van der Waals surface area contributed by atoms with Crippen LogP contribution in [0.15, 0.2) is 24.3 Å². The number of fused-ring (bicyclic) bond motifs is 1. The van der Waals surface area contributed by atoms with E-state index in [0.29, 0.717) is 10.8 Å². The maximum atomic E-state index is 12.3. The third-order valence-electron chi connectivity index (χ3n) is 4.55. The lowest BCUT2D eigenvalue weighted by molar-refractivity contribution is -0.133. The number of benzene rings is 1. The molecule has 0 spiro atoms. The van der Waals surface area contributed by atoms with Gasteiger partial charge in [0, 0.05) is 18.1 Å². The summed E-state index contributed by atoms with van der Waals surface area (Å²) < 4.78 is 5.55. The van der Waals surface area contributed by atoms with Crippen molar-refractivity contribution in [3.63, 3.8) is 0 Å². The van der Waals surface area contributed by atoms with Gasteiger partial charge in [-0.25, -0.2) is 0 Å². The van der Waals surface area contributed by atoms with E-state index < -0.39 is 0 Å². The van der Waals surface area contributed by atoms with E-state index in [1.807, 2.05) is 4.90 Å². The normalized spacial score (nSPS) is 24.1. The highest BCUT2D eigenvalue weighted by atomic mass is 35.5. The molecule has 122 valence electrons. The van der Waals surface area contributed by atoms with Gasteiger partial charge in [0.25, 0.3) is 5.91 Å². The van der Waals surface area contributed by atoms with E-state index in [-0.39, 0.29) is 24.9 Å². The van der Waals surface area contributed by atoms with E-state index in [1.165, 1.54) is 0 Å². The van der Waals surface area contributed by atoms with Crippen molar-refractivity contribution >= 4 is 29.9 Å². The zero-order valence-corrected chi connectivity index (χ0v) is 14.0. The van der Waals surface area contributed by atoms with Gasteiger partial charge in [0.1, 0.15) is 5.75 Å². The molecule has 22 heavy (non-hydrogen) atoms. The van der Waals surface area contributed by atoms with Crippen LogP contribution in [0.5, 0.6) is 5.75 Å². The van der Waals surface area contributed by atoms with Crippen LogP contribution in [0.4, 0.5) is 0 Å². The minimum absolute atomic E-state index is 0. The van der Waals surface area contributed by atoms with Gasteiger partial charge >= 0.3 is 0 Å². The number of rotatable bonds is 3. The summed E-state index contributed by atoms with van der Waals surface area (Å²) in [6, 6.07) is 7.10. The number of carbonyl (C=O) groups is 1. The molecule has 3 rings (SSSR count). The highest BCUT2D eigenvalue weighted by Gasteiger charge is 2.31. The lowest BCUT2D eigenvalue weighted by Crippen LogP contribution is -2.36. The van der Waals surface area contributed by atoms with Crippen LogP contribution >= 0.6 is 24.0 Å². The second-order valence-electron chi connectivity index (χ2n) is 5.88. The molecule has 2 fully saturated rings. The number of halogens is 2. The predicted molar refractivity (Wildman–Crippen MR) is 89.9 cm³/mol. The third kappa shape index (κ3) is 4.28. The van der Waals surface area contributed by atoms with E-state index in [2.05, 4.69) is 5.32 Å². The van der Waals surface area contributed by atoms with Crippen molar-refractivity contribution in [3.05, 3.63) is 29.3 Å². The Hall–Kier alpha value is -0.970. The number of carbonyl (C=O) groups excluding carboxylic acids is 1. The highest BCUT2D eigenvalue weighted by molar-refractivity contribution is 6.30. The molecule has 1 aromatic carbocycles. The van der Waals surface area contributed by atoms with Gasteiger partial charge in [-0.1, -0.05) is 11.6 Å². The van der Waals surface area contributed by atoms with Gasteiger partial charge < -0.3 is 15.0 Å². The molecule has 0 radical (unpaired) electrons. The van der Waals surface area contributed by atoms with Crippen LogP contribution in [0.2, 0.25) is 5.02 Å². The molecule has 4 nitrogen and oxygen atoms in total. The topological polar surface area (TPSA) is 41.6 Å². The first kappa shape index (κ1) is 17.4. The molecule has 0 aliphatic carbocycles. The molecule has 0 aromatic heterocycles. The Balaban J connectivity index is 0.00000176. The van der Waals surface area contributed by atoms with Crippen molar-refractivity contribution in [1.29, 1.82) is 0 Å². The Kier molecular flexibility index (Phi) is 6.36. The number of nitrogens with one attached hydrogen (secondary N) is 1. The average molecular weight is 345 g/mol. The summed E-state index contributed by atoms with van der Waals surface area (Å²) in [6.45, 7) is 4.02. The number of ether oxygens (including phenoxy) is 1. The molecule has 2 aliphatic heterocycles. The van der Waals surface area contributed by atoms with Gasteiger partial charge in [-0.15, -0.1) is 12.4 Å². The predicted octanol–water partition coefficient (Wildman–Crippen LogP) is 2.60. The number of likely N-dealkylation sites (tertiary alicyclic amines) is 1. The molecule has 1 amide bonds. The lowest BCUT2D eigenvalue weighted by atomic mass is 9.92. The second-order valence-corrected chi connectivity index (χ2v) is 6.32. The zero-order valence-electron chi connectivity index (χ0n) is 12.5. The van der Waals surface area contributed by atoms with E-state index in [1.54, 1.807) is 24.3 Å². The van der Waals surface area contributed by atoms with Gasteiger partial charge in [0.05, 0.1) is 0 Å². The molecule has 0 unspecified atom stereocenters. The summed E-state index contributed by atoms with van der Waals surface area (Å²) in [4.78, 5) is 14.2. The summed E-state index contributed by atoms with van der Waals surface area (Å²) in [5.41, 5.74) is 0. The monoisotopic (exact) mass is 344 g/mol. The van der Waals surface area contributed by atoms with Crippen LogP contribution in [-0.4, -0.2) is 43.6 Å². The SMILES string of the molecule is Cl.O=C(COc1ccc(Cl)cc1)N1CC[C@@H]2CNC[C@@H]2CC1. The first-order valence-corrected chi connectivity index (χ1v) is 7.97. The Morgan fingerprint density at radius 2 is 1.77 bits per heavy atom. The zero-order chi connectivity index (χ0) is 14.7. The average Bonchev–Trinajstić information content (AvgIpc) is 2.85. The summed E-state index contributed by atoms with van der Waals surface area (Å²) >= 11 is 5.82. The number of amides is 1. The summed E-state index contributed by atoms with van der Waals surface area (Å²) in [5.74, 6) is 2.24. The summed E-state index contributed by atoms with van der Waals surface area (Å²) in [6.07, 6.45) is 2.20. The van der Waals surface area contributed by atoms with Crippen molar-refractivity contribution in [1.82, 2.24) is 10.2 Å². The standard InChI is InChI=1S/C16H21ClN2O2.ClH/c17-14-1-3-15(4-2-14)21-11-16(20)19-7-5-12-9-18-10-13(12)6-8-19;/h1-4,12-13,18H,5-11H2;1H/t12-,13+;. The fourth-order valence-electron chi connectivity index (χ4n) is 3.23. The molecule has 2 aliphatic rings. The molecule has 0 bridgehead atoms. The van der Waals surface area contributed by atoms with E-state index in [9.17, 15) is 4.79 Å². The Morgan fingerprint density at radius 3 is 2.36 bits per heavy atom. The van der Waals surface area contributed by atoms with Crippen LogP contribution in [0.3, 0.4) is 0 Å². The van der Waals surface area contributed by atoms with Crippen molar-refractivity contribution in [2.24, 2.45) is 11.8 Å². The molecule has 6 heteroatoms. The highest BCUT2D eigenvalue weighted by Crippen LogP contribution is 2.27. The van der Waals surface area contributed by atoms with E-state index >= 15 is 0 Å². The number of hydrogen-bond donors (Lipinski definition) is 1. The Labute approximate surface area is 142 Å². The van der Waals surface area contributed by atoms with Crippen LogP contribution in [0.25, 0.3) is 0 Å². The smallest absolute Gasteiger partial charge is 0.260 e. The first-order valence-electron chi connectivity index (χ1n) is 7.59. The molecule has 2 saturated heterocycles. The van der Waals surface area contributed by atoms with Gasteiger partial charge in [-0.3, -0.25) is 4.79 Å². The summed E-state index contributed by atoms with van der Waals surface area (Å²) in [5, 5.41) is 4.12. The molecule has 2 atom stereocenters. The van der Waals surface area contributed by atoms with Gasteiger partial charge in [-0.05, 0) is 62.0 Å². The van der Waals surface area contributed by atoms with Gasteiger partial charge in [0.2, 0.25) is 0 Å². The van der Waals surface area contributed by atoms with Crippen molar-refractivity contribution < 1.29 is 9.53 Å². The molecule has 0 saturated carbocycles. The van der Waals surface area contributed by atoms with Crippen molar-refractivity contribution in [2.75, 3.05) is 32.8 Å². The van der Waals surface area contributed by atoms with Crippen LogP contribution in [0, 0.1) is 11.8 Å². The molecule has 1 aromatic rings. The molecular formula is C16H22Cl2N2O2. The Morgan fingerprint density at radius 1 is 1.18 bits per heavy atom. The van der Waals surface area contributed by atoms with Crippen LogP contribution in [0.1, 0.15) is 12.8 Å². The molecular weight excluding hydrogens is 323 g/mol. The van der Waals surface area contributed by atoms with E-state index in [4.69, 9.17) is 16.3 Å². The van der Waals surface area contributed by atoms with Crippen molar-refractivity contribution in [3.8, 4) is 5.75 Å². The fourth-order valence-corrected chi connectivity index (χ4v) is 3.36. The first-order chi connectivity index (χ1) is 10.2. The minimum atomic E-state index is 0. The fraction of sp³-hybridized carbons (Fsp3) is 0.562. The quantitative estimate of drug-likeness (QED) is 0.916. The third-order valence-corrected chi connectivity index (χ3v) is 4.80. The maximum Gasteiger partial charge on any atom is 0.260 e. The van der Waals surface area contributed by atoms with E-state index in [0.717, 1.165) is 50.9 Å². The largest absolute Gasteiger partial charge is 0.484 e. The number of hydrogen-bond acceptors (Lipinski definition) is 3. The lowest BCUT2D eigenvalue weighted by Gasteiger charge is -2.21. The number of nitrogens with zero attached hydrogens (tertiary/aromatic N) is 1. The van der Waals surface area contributed by atoms with Crippen LogP contribution < -0.4 is 10.1 Å².